The van der Waals surface area contributed by atoms with Crippen LogP contribution in [0.2, 0.25) is 0 Å². The minimum Gasteiger partial charge on any atom is -0.471 e. The Hall–Kier alpha value is -3.69. The Kier molecular flexibility index (Phi) is 5.45. The average molecular weight is 429 g/mol. The van der Waals surface area contributed by atoms with Crippen molar-refractivity contribution < 1.29 is 22.4 Å². The molecule has 0 spiro atoms. The summed E-state index contributed by atoms with van der Waals surface area (Å²) in [4.78, 5) is 8.18. The van der Waals surface area contributed by atoms with Gasteiger partial charge in [-0.2, -0.15) is 23.3 Å². The van der Waals surface area contributed by atoms with Gasteiger partial charge in [0.2, 0.25) is 11.7 Å². The molecule has 0 amide bonds. The number of halogens is 3. The summed E-state index contributed by atoms with van der Waals surface area (Å²) in [7, 11) is 1.71. The molecule has 4 rings (SSSR count). The summed E-state index contributed by atoms with van der Waals surface area (Å²) in [6.45, 7) is 2.07. The predicted molar refractivity (Wildman–Crippen MR) is 105 cm³/mol. The second-order valence-corrected chi connectivity index (χ2v) is 6.78. The first-order valence-electron chi connectivity index (χ1n) is 9.45. The van der Waals surface area contributed by atoms with E-state index in [-0.39, 0.29) is 18.4 Å². The van der Waals surface area contributed by atoms with E-state index in [1.807, 2.05) is 24.3 Å². The SMILES string of the molecule is CCc1cccc(-c2noc(-c3cnn(C)c3COc3ccc(C(F)(F)F)cn3)n2)c1. The van der Waals surface area contributed by atoms with Gasteiger partial charge in [-0.05, 0) is 24.1 Å². The second-order valence-electron chi connectivity index (χ2n) is 6.78. The largest absolute Gasteiger partial charge is 0.471 e. The number of pyridine rings is 1. The van der Waals surface area contributed by atoms with Crippen LogP contribution in [0, 0.1) is 0 Å². The molecule has 0 atom stereocenters. The van der Waals surface area contributed by atoms with Crippen molar-refractivity contribution in [3.63, 3.8) is 0 Å². The van der Waals surface area contributed by atoms with Gasteiger partial charge in [0.05, 0.1) is 23.0 Å². The van der Waals surface area contributed by atoms with Gasteiger partial charge in [0.15, 0.2) is 0 Å². The van der Waals surface area contributed by atoms with Crippen molar-refractivity contribution in [3.05, 3.63) is 65.6 Å². The topological polar surface area (TPSA) is 78.9 Å². The number of ether oxygens (including phenoxy) is 1. The van der Waals surface area contributed by atoms with E-state index in [4.69, 9.17) is 9.26 Å². The fourth-order valence-corrected chi connectivity index (χ4v) is 2.97. The van der Waals surface area contributed by atoms with E-state index in [0.29, 0.717) is 17.1 Å². The van der Waals surface area contributed by atoms with Gasteiger partial charge in [0, 0.05) is 24.9 Å². The number of hydrogen-bond acceptors (Lipinski definition) is 6. The number of nitrogens with zero attached hydrogens (tertiary/aromatic N) is 5. The van der Waals surface area contributed by atoms with Crippen molar-refractivity contribution in [2.45, 2.75) is 26.1 Å². The van der Waals surface area contributed by atoms with Gasteiger partial charge in [-0.3, -0.25) is 4.68 Å². The van der Waals surface area contributed by atoms with Gasteiger partial charge in [-0.25, -0.2) is 4.98 Å². The van der Waals surface area contributed by atoms with Crippen molar-refractivity contribution >= 4 is 0 Å². The maximum Gasteiger partial charge on any atom is 0.417 e. The smallest absolute Gasteiger partial charge is 0.417 e. The van der Waals surface area contributed by atoms with Crippen LogP contribution in [-0.4, -0.2) is 24.9 Å². The number of rotatable bonds is 6. The van der Waals surface area contributed by atoms with Gasteiger partial charge >= 0.3 is 6.18 Å². The highest BCUT2D eigenvalue weighted by atomic mass is 19.4. The Bertz CT molecular complexity index is 1180. The van der Waals surface area contributed by atoms with E-state index in [0.717, 1.165) is 29.8 Å². The van der Waals surface area contributed by atoms with Crippen LogP contribution in [-0.2, 0) is 26.3 Å². The first-order chi connectivity index (χ1) is 14.8. The molecule has 0 radical (unpaired) electrons. The third-order valence-electron chi connectivity index (χ3n) is 4.73. The molecule has 0 saturated carbocycles. The van der Waals surface area contributed by atoms with E-state index in [1.54, 1.807) is 17.9 Å². The van der Waals surface area contributed by atoms with Crippen LogP contribution in [0.5, 0.6) is 5.88 Å². The first-order valence-corrected chi connectivity index (χ1v) is 9.45. The molecule has 0 fully saturated rings. The molecule has 10 heteroatoms. The highest BCUT2D eigenvalue weighted by Gasteiger charge is 2.30. The van der Waals surface area contributed by atoms with Crippen LogP contribution in [0.15, 0.2) is 53.3 Å². The minimum absolute atomic E-state index is 0.00717. The summed E-state index contributed by atoms with van der Waals surface area (Å²) in [6, 6.07) is 9.95. The summed E-state index contributed by atoms with van der Waals surface area (Å²) in [5, 5.41) is 8.26. The lowest BCUT2D eigenvalue weighted by molar-refractivity contribution is -0.137. The highest BCUT2D eigenvalue weighted by Crippen LogP contribution is 2.30. The molecule has 4 aromatic rings. The molecular formula is C21H18F3N5O2. The predicted octanol–water partition coefficient (Wildman–Crippen LogP) is 4.69. The zero-order chi connectivity index (χ0) is 22.0. The lowest BCUT2D eigenvalue weighted by atomic mass is 10.1. The van der Waals surface area contributed by atoms with E-state index in [2.05, 4.69) is 27.1 Å². The van der Waals surface area contributed by atoms with Gasteiger partial charge in [0.1, 0.15) is 6.61 Å². The van der Waals surface area contributed by atoms with E-state index in [9.17, 15) is 13.2 Å². The number of aryl methyl sites for hydroxylation is 2. The maximum atomic E-state index is 12.7. The molecule has 0 N–H and O–H groups in total. The third-order valence-corrected chi connectivity index (χ3v) is 4.73. The minimum atomic E-state index is -4.45. The Balaban J connectivity index is 1.54. The van der Waals surface area contributed by atoms with Crippen molar-refractivity contribution in [1.82, 2.24) is 24.9 Å². The Morgan fingerprint density at radius 2 is 1.97 bits per heavy atom. The first kappa shape index (κ1) is 20.6. The molecule has 0 bridgehead atoms. The summed E-state index contributed by atoms with van der Waals surface area (Å²) >= 11 is 0. The summed E-state index contributed by atoms with van der Waals surface area (Å²) in [5.74, 6) is 0.775. The standard InChI is InChI=1S/C21H18F3N5O2/c1-3-13-5-4-6-14(9-13)19-27-20(31-28-19)16-11-26-29(2)17(16)12-30-18-8-7-15(10-25-18)21(22,23)24/h4-11H,3,12H2,1-2H3. The second kappa shape index (κ2) is 8.21. The lowest BCUT2D eigenvalue weighted by Gasteiger charge is -2.09. The monoisotopic (exact) mass is 429 g/mol. The number of hydrogen-bond donors (Lipinski definition) is 0. The summed E-state index contributed by atoms with van der Waals surface area (Å²) in [5.41, 5.74) is 2.33. The van der Waals surface area contributed by atoms with Crippen molar-refractivity contribution in [3.8, 4) is 28.7 Å². The van der Waals surface area contributed by atoms with Crippen molar-refractivity contribution in [1.29, 1.82) is 0 Å². The quantitative estimate of drug-likeness (QED) is 0.442. The van der Waals surface area contributed by atoms with Crippen LogP contribution in [0.4, 0.5) is 13.2 Å². The van der Waals surface area contributed by atoms with Crippen LogP contribution >= 0.6 is 0 Å². The van der Waals surface area contributed by atoms with Crippen LogP contribution in [0.3, 0.4) is 0 Å². The van der Waals surface area contributed by atoms with E-state index < -0.39 is 11.7 Å². The zero-order valence-corrected chi connectivity index (χ0v) is 16.7. The molecule has 3 heterocycles. The van der Waals surface area contributed by atoms with Crippen molar-refractivity contribution in [2.75, 3.05) is 0 Å². The maximum absolute atomic E-state index is 12.7. The number of alkyl halides is 3. The molecule has 0 aliphatic heterocycles. The fourth-order valence-electron chi connectivity index (χ4n) is 2.97. The van der Waals surface area contributed by atoms with Crippen LogP contribution < -0.4 is 4.74 Å². The Labute approximate surface area is 175 Å². The van der Waals surface area contributed by atoms with Gasteiger partial charge in [-0.1, -0.05) is 30.3 Å². The van der Waals surface area contributed by atoms with E-state index in [1.165, 1.54) is 6.07 Å². The molecule has 3 aromatic heterocycles. The molecule has 0 saturated heterocycles. The van der Waals surface area contributed by atoms with Gasteiger partial charge < -0.3 is 9.26 Å². The normalized spacial score (nSPS) is 11.6. The molecule has 0 aliphatic carbocycles. The molecular weight excluding hydrogens is 411 g/mol. The number of benzene rings is 1. The molecule has 7 nitrogen and oxygen atoms in total. The molecule has 31 heavy (non-hydrogen) atoms. The zero-order valence-electron chi connectivity index (χ0n) is 16.7. The summed E-state index contributed by atoms with van der Waals surface area (Å²) < 4.78 is 50.6. The summed E-state index contributed by atoms with van der Waals surface area (Å²) in [6.07, 6.45) is -1.26. The molecule has 160 valence electrons. The average Bonchev–Trinajstić information content (AvgIpc) is 3.39. The van der Waals surface area contributed by atoms with Crippen LogP contribution in [0.25, 0.3) is 22.8 Å². The molecule has 0 aliphatic rings. The fraction of sp³-hybridized carbons (Fsp3) is 0.238. The van der Waals surface area contributed by atoms with Crippen molar-refractivity contribution in [2.24, 2.45) is 7.05 Å². The molecule has 0 unspecified atom stereocenters. The number of aromatic nitrogens is 5. The highest BCUT2D eigenvalue weighted by molar-refractivity contribution is 5.61. The van der Waals surface area contributed by atoms with E-state index >= 15 is 0 Å². The molecule has 1 aromatic carbocycles. The lowest BCUT2D eigenvalue weighted by Crippen LogP contribution is -2.07. The van der Waals surface area contributed by atoms with Crippen LogP contribution in [0.1, 0.15) is 23.7 Å². The third kappa shape index (κ3) is 4.42. The Morgan fingerprint density at radius 3 is 2.68 bits per heavy atom. The van der Waals surface area contributed by atoms with Gasteiger partial charge in [0.25, 0.3) is 5.89 Å². The van der Waals surface area contributed by atoms with Gasteiger partial charge in [-0.15, -0.1) is 0 Å². The Morgan fingerprint density at radius 1 is 1.13 bits per heavy atom.